The first-order valence-corrected chi connectivity index (χ1v) is 6.84. The second-order valence-corrected chi connectivity index (χ2v) is 6.13. The molecule has 1 heterocycles. The minimum Gasteiger partial charge on any atom is -0.444 e. The molecule has 1 atom stereocenters. The Hall–Kier alpha value is -2.02. The first kappa shape index (κ1) is 14.4. The summed E-state index contributed by atoms with van der Waals surface area (Å²) < 4.78 is 5.44. The van der Waals surface area contributed by atoms with Crippen LogP contribution in [0.1, 0.15) is 50.4 Å². The number of benzene rings is 1. The fourth-order valence-electron chi connectivity index (χ4n) is 2.47. The van der Waals surface area contributed by atoms with Gasteiger partial charge in [0.2, 0.25) is 0 Å². The van der Waals surface area contributed by atoms with Crippen molar-refractivity contribution in [2.45, 2.75) is 45.8 Å². The highest BCUT2D eigenvalue weighted by atomic mass is 16.6. The molecule has 0 fully saturated rings. The molecule has 0 aromatic heterocycles. The third-order valence-electron chi connectivity index (χ3n) is 3.44. The molecule has 0 N–H and O–H groups in total. The maximum Gasteiger partial charge on any atom is 0.410 e. The van der Waals surface area contributed by atoms with E-state index in [1.807, 2.05) is 39.8 Å². The first-order valence-electron chi connectivity index (χ1n) is 6.84. The van der Waals surface area contributed by atoms with Crippen LogP contribution in [-0.2, 0) is 11.2 Å². The van der Waals surface area contributed by atoms with E-state index in [1.165, 1.54) is 0 Å². The second kappa shape index (κ2) is 5.16. The maximum absolute atomic E-state index is 12.2. The van der Waals surface area contributed by atoms with E-state index in [0.717, 1.165) is 17.5 Å². The largest absolute Gasteiger partial charge is 0.444 e. The Labute approximate surface area is 120 Å². The predicted molar refractivity (Wildman–Crippen MR) is 76.2 cm³/mol. The highest BCUT2D eigenvalue weighted by Gasteiger charge is 2.30. The van der Waals surface area contributed by atoms with Gasteiger partial charge in [-0.2, -0.15) is 5.26 Å². The van der Waals surface area contributed by atoms with E-state index in [1.54, 1.807) is 11.0 Å². The molecule has 0 saturated heterocycles. The Kier molecular flexibility index (Phi) is 3.71. The molecule has 1 unspecified atom stereocenters. The molecule has 0 spiro atoms. The van der Waals surface area contributed by atoms with Crippen molar-refractivity contribution >= 4 is 6.09 Å². The van der Waals surface area contributed by atoms with Crippen molar-refractivity contribution in [1.82, 2.24) is 4.90 Å². The zero-order chi connectivity index (χ0) is 14.9. The molecule has 2 rings (SSSR count). The van der Waals surface area contributed by atoms with Crippen LogP contribution in [0.3, 0.4) is 0 Å². The zero-order valence-electron chi connectivity index (χ0n) is 12.4. The molecule has 0 bridgehead atoms. The lowest BCUT2D eigenvalue weighted by Gasteiger charge is -2.36. The van der Waals surface area contributed by atoms with E-state index in [9.17, 15) is 4.79 Å². The fraction of sp³-hybridized carbons (Fsp3) is 0.500. The average molecular weight is 272 g/mol. The van der Waals surface area contributed by atoms with Crippen LogP contribution in [0.5, 0.6) is 0 Å². The first-order chi connectivity index (χ1) is 9.31. The van der Waals surface area contributed by atoms with Gasteiger partial charge in [-0.25, -0.2) is 4.79 Å². The Morgan fingerprint density at radius 2 is 2.15 bits per heavy atom. The standard InChI is InChI=1S/C16H20N2O2/c1-11-14-6-5-12(10-17)9-13(14)7-8-18(11)15(19)20-16(2,3)4/h5-6,9,11H,7-8H2,1-4H3. The number of hydrogen-bond donors (Lipinski definition) is 0. The number of carbonyl (C=O) groups excluding carboxylic acids is 1. The van der Waals surface area contributed by atoms with Gasteiger partial charge in [-0.05, 0) is 57.4 Å². The van der Waals surface area contributed by atoms with Crippen molar-refractivity contribution in [2.75, 3.05) is 6.54 Å². The fourth-order valence-corrected chi connectivity index (χ4v) is 2.47. The smallest absolute Gasteiger partial charge is 0.410 e. The van der Waals surface area contributed by atoms with Crippen molar-refractivity contribution in [3.8, 4) is 6.07 Å². The van der Waals surface area contributed by atoms with Gasteiger partial charge >= 0.3 is 6.09 Å². The van der Waals surface area contributed by atoms with Gasteiger partial charge in [-0.3, -0.25) is 0 Å². The summed E-state index contributed by atoms with van der Waals surface area (Å²) in [5, 5.41) is 8.94. The van der Waals surface area contributed by atoms with Gasteiger partial charge in [0.05, 0.1) is 17.7 Å². The quantitative estimate of drug-likeness (QED) is 0.727. The zero-order valence-corrected chi connectivity index (χ0v) is 12.4. The summed E-state index contributed by atoms with van der Waals surface area (Å²) in [6.07, 6.45) is 0.481. The van der Waals surface area contributed by atoms with Crippen molar-refractivity contribution in [1.29, 1.82) is 5.26 Å². The van der Waals surface area contributed by atoms with E-state index in [2.05, 4.69) is 6.07 Å². The van der Waals surface area contributed by atoms with Crippen LogP contribution in [0, 0.1) is 11.3 Å². The minimum absolute atomic E-state index is 0.0265. The van der Waals surface area contributed by atoms with Crippen molar-refractivity contribution in [3.63, 3.8) is 0 Å². The monoisotopic (exact) mass is 272 g/mol. The Balaban J connectivity index is 2.22. The number of nitrogens with zero attached hydrogens (tertiary/aromatic N) is 2. The molecular formula is C16H20N2O2. The summed E-state index contributed by atoms with van der Waals surface area (Å²) in [6.45, 7) is 8.22. The summed E-state index contributed by atoms with van der Waals surface area (Å²) in [4.78, 5) is 14.0. The number of ether oxygens (including phenoxy) is 1. The molecule has 0 aliphatic carbocycles. The van der Waals surface area contributed by atoms with Crippen molar-refractivity contribution in [3.05, 3.63) is 34.9 Å². The van der Waals surface area contributed by atoms with Crippen molar-refractivity contribution in [2.24, 2.45) is 0 Å². The van der Waals surface area contributed by atoms with Crippen LogP contribution in [0.15, 0.2) is 18.2 Å². The van der Waals surface area contributed by atoms with Crippen LogP contribution in [0.25, 0.3) is 0 Å². The van der Waals surface area contributed by atoms with Crippen LogP contribution in [-0.4, -0.2) is 23.1 Å². The summed E-state index contributed by atoms with van der Waals surface area (Å²) >= 11 is 0. The average Bonchev–Trinajstić information content (AvgIpc) is 2.36. The van der Waals surface area contributed by atoms with Gasteiger partial charge in [0, 0.05) is 6.54 Å². The van der Waals surface area contributed by atoms with Crippen LogP contribution in [0.2, 0.25) is 0 Å². The molecular weight excluding hydrogens is 252 g/mol. The molecule has 1 aromatic carbocycles. The summed E-state index contributed by atoms with van der Waals surface area (Å²) in [6, 6.07) is 7.78. The Morgan fingerprint density at radius 3 is 2.75 bits per heavy atom. The SMILES string of the molecule is CC1c2ccc(C#N)cc2CCN1C(=O)OC(C)(C)C. The lowest BCUT2D eigenvalue weighted by atomic mass is 9.92. The third kappa shape index (κ3) is 2.93. The topological polar surface area (TPSA) is 53.3 Å². The number of nitriles is 1. The Bertz CT molecular complexity index is 567. The lowest BCUT2D eigenvalue weighted by molar-refractivity contribution is 0.0160. The van der Waals surface area contributed by atoms with Gasteiger partial charge in [-0.15, -0.1) is 0 Å². The molecule has 0 saturated carbocycles. The summed E-state index contributed by atoms with van der Waals surface area (Å²) in [7, 11) is 0. The van der Waals surface area contributed by atoms with Gasteiger partial charge < -0.3 is 9.64 Å². The van der Waals surface area contributed by atoms with Crippen LogP contribution >= 0.6 is 0 Å². The third-order valence-corrected chi connectivity index (χ3v) is 3.44. The molecule has 1 aliphatic rings. The van der Waals surface area contributed by atoms with Crippen LogP contribution < -0.4 is 0 Å². The molecule has 106 valence electrons. The van der Waals surface area contributed by atoms with Gasteiger partial charge in [0.15, 0.2) is 0 Å². The van der Waals surface area contributed by atoms with E-state index < -0.39 is 5.60 Å². The van der Waals surface area contributed by atoms with E-state index in [0.29, 0.717) is 12.1 Å². The molecule has 4 nitrogen and oxygen atoms in total. The molecule has 1 aromatic rings. The van der Waals surface area contributed by atoms with E-state index in [4.69, 9.17) is 10.00 Å². The highest BCUT2D eigenvalue weighted by molar-refractivity contribution is 5.69. The minimum atomic E-state index is -0.484. The van der Waals surface area contributed by atoms with Gasteiger partial charge in [0.25, 0.3) is 0 Å². The number of amides is 1. The normalized spacial score (nSPS) is 18.1. The Morgan fingerprint density at radius 1 is 1.45 bits per heavy atom. The number of rotatable bonds is 0. The summed E-state index contributed by atoms with van der Waals surface area (Å²) in [5.74, 6) is 0. The number of carbonyl (C=O) groups is 1. The molecule has 0 radical (unpaired) electrons. The number of fused-ring (bicyclic) bond motifs is 1. The van der Waals surface area contributed by atoms with E-state index in [-0.39, 0.29) is 12.1 Å². The van der Waals surface area contributed by atoms with Crippen LogP contribution in [0.4, 0.5) is 4.79 Å². The molecule has 20 heavy (non-hydrogen) atoms. The lowest BCUT2D eigenvalue weighted by Crippen LogP contribution is -2.42. The molecule has 4 heteroatoms. The van der Waals surface area contributed by atoms with Crippen molar-refractivity contribution < 1.29 is 9.53 Å². The highest BCUT2D eigenvalue weighted by Crippen LogP contribution is 2.31. The van der Waals surface area contributed by atoms with E-state index >= 15 is 0 Å². The second-order valence-electron chi connectivity index (χ2n) is 6.13. The van der Waals surface area contributed by atoms with Gasteiger partial charge in [0.1, 0.15) is 5.60 Å². The molecule has 1 amide bonds. The van der Waals surface area contributed by atoms with Gasteiger partial charge in [-0.1, -0.05) is 6.07 Å². The predicted octanol–water partition coefficient (Wildman–Crippen LogP) is 3.41. The molecule has 1 aliphatic heterocycles. The number of hydrogen-bond acceptors (Lipinski definition) is 3. The summed E-state index contributed by atoms with van der Waals surface area (Å²) in [5.41, 5.74) is 2.43. The maximum atomic E-state index is 12.2.